The number of nitrogens with zero attached hydrogens (tertiary/aromatic N) is 7. The van der Waals surface area contributed by atoms with Crippen LogP contribution >= 0.6 is 0 Å². The smallest absolute Gasteiger partial charge is 0.352 e. The lowest BCUT2D eigenvalue weighted by Gasteiger charge is -2.43. The van der Waals surface area contributed by atoms with Crippen molar-refractivity contribution < 1.29 is 26.7 Å². The van der Waals surface area contributed by atoms with Crippen molar-refractivity contribution in [1.29, 1.82) is 0 Å². The molecule has 1 aliphatic rings. The Morgan fingerprint density at radius 2 is 1.83 bits per heavy atom. The number of alkyl halides is 5. The summed E-state index contributed by atoms with van der Waals surface area (Å²) in [7, 11) is 0. The van der Waals surface area contributed by atoms with Crippen molar-refractivity contribution in [1.82, 2.24) is 34.8 Å². The first-order valence-electron chi connectivity index (χ1n) is 10.6. The van der Waals surface area contributed by atoms with E-state index >= 15 is 0 Å². The van der Waals surface area contributed by atoms with E-state index in [1.165, 1.54) is 17.2 Å². The fourth-order valence-corrected chi connectivity index (χ4v) is 3.98. The Hall–Kier alpha value is -3.71. The van der Waals surface area contributed by atoms with Gasteiger partial charge in [-0.15, -0.1) is 4.80 Å². The molecule has 3 aromatic heterocycles. The summed E-state index contributed by atoms with van der Waals surface area (Å²) in [4.78, 5) is 27.3. The second kappa shape index (κ2) is 9.15. The molecule has 2 atom stereocenters. The highest BCUT2D eigenvalue weighted by Gasteiger charge is 2.46. The van der Waals surface area contributed by atoms with Crippen molar-refractivity contribution in [2.24, 2.45) is 5.92 Å². The number of carbonyl (C=O) groups excluding carboxylic acids is 1. The molecule has 0 aromatic carbocycles. The van der Waals surface area contributed by atoms with Crippen LogP contribution in [0.4, 0.5) is 27.9 Å². The second-order valence-corrected chi connectivity index (χ2v) is 8.35. The SMILES string of the molecule is Cc1ccc(-n2nccn2)c(C(=O)N2CC(F)(F)C[C@@H](C)C2CNc2ncc(C(F)(F)F)cn2)n1. The number of aryl methyl sites for hydroxylation is 1. The number of piperidine rings is 1. The predicted molar refractivity (Wildman–Crippen MR) is 113 cm³/mol. The van der Waals surface area contributed by atoms with E-state index < -0.39 is 48.5 Å². The highest BCUT2D eigenvalue weighted by molar-refractivity contribution is 5.96. The maximum atomic E-state index is 14.5. The van der Waals surface area contributed by atoms with Crippen LogP contribution in [0.3, 0.4) is 0 Å². The topological polar surface area (TPSA) is 102 Å². The van der Waals surface area contributed by atoms with Crippen molar-refractivity contribution in [3.05, 3.63) is 53.9 Å². The van der Waals surface area contributed by atoms with Crippen molar-refractivity contribution >= 4 is 11.9 Å². The number of rotatable bonds is 5. The first kappa shape index (κ1) is 24.4. The summed E-state index contributed by atoms with van der Waals surface area (Å²) in [5.74, 6) is -4.65. The van der Waals surface area contributed by atoms with Gasteiger partial charge in [0.05, 0.1) is 30.5 Å². The van der Waals surface area contributed by atoms with E-state index in [4.69, 9.17) is 0 Å². The van der Waals surface area contributed by atoms with Crippen LogP contribution in [0.15, 0.2) is 36.9 Å². The maximum Gasteiger partial charge on any atom is 0.419 e. The highest BCUT2D eigenvalue weighted by Crippen LogP contribution is 2.35. The van der Waals surface area contributed by atoms with Gasteiger partial charge in [0.2, 0.25) is 5.95 Å². The molecule has 4 rings (SSSR count). The minimum Gasteiger partial charge on any atom is -0.352 e. The van der Waals surface area contributed by atoms with E-state index in [0.717, 1.165) is 4.90 Å². The fraction of sp³-hybridized carbons (Fsp3) is 0.429. The number of aromatic nitrogens is 6. The molecule has 1 saturated heterocycles. The molecule has 1 unspecified atom stereocenters. The first-order chi connectivity index (χ1) is 16.4. The van der Waals surface area contributed by atoms with Gasteiger partial charge in [0.1, 0.15) is 5.69 Å². The molecule has 186 valence electrons. The zero-order valence-electron chi connectivity index (χ0n) is 18.7. The first-order valence-corrected chi connectivity index (χ1v) is 10.6. The molecule has 0 spiro atoms. The van der Waals surface area contributed by atoms with Gasteiger partial charge >= 0.3 is 6.18 Å². The number of anilines is 1. The van der Waals surface area contributed by atoms with Gasteiger partial charge in [-0.2, -0.15) is 23.4 Å². The molecular weight excluding hydrogens is 475 g/mol. The highest BCUT2D eigenvalue weighted by atomic mass is 19.4. The second-order valence-electron chi connectivity index (χ2n) is 8.35. The van der Waals surface area contributed by atoms with E-state index in [9.17, 15) is 26.7 Å². The number of carbonyl (C=O) groups is 1. The Morgan fingerprint density at radius 3 is 2.46 bits per heavy atom. The molecule has 4 heterocycles. The summed E-state index contributed by atoms with van der Waals surface area (Å²) in [5, 5.41) is 10.8. The average Bonchev–Trinajstić information content (AvgIpc) is 3.31. The van der Waals surface area contributed by atoms with Crippen LogP contribution in [0.2, 0.25) is 0 Å². The third kappa shape index (κ3) is 5.35. The quantitative estimate of drug-likeness (QED) is 0.541. The molecule has 0 radical (unpaired) electrons. The Labute approximate surface area is 196 Å². The van der Waals surface area contributed by atoms with E-state index in [2.05, 4.69) is 30.5 Å². The van der Waals surface area contributed by atoms with Gasteiger partial charge in [-0.3, -0.25) is 4.79 Å². The van der Waals surface area contributed by atoms with Gasteiger partial charge in [0, 0.05) is 31.1 Å². The van der Waals surface area contributed by atoms with Crippen molar-refractivity contribution in [2.45, 2.75) is 38.4 Å². The largest absolute Gasteiger partial charge is 0.419 e. The fourth-order valence-electron chi connectivity index (χ4n) is 3.98. The Balaban J connectivity index is 1.61. The molecule has 9 nitrogen and oxygen atoms in total. The van der Waals surface area contributed by atoms with Crippen LogP contribution in [-0.2, 0) is 6.18 Å². The number of hydrogen-bond acceptors (Lipinski definition) is 7. The Bertz CT molecular complexity index is 1180. The maximum absolute atomic E-state index is 14.5. The molecule has 14 heteroatoms. The van der Waals surface area contributed by atoms with Crippen LogP contribution in [0.1, 0.15) is 35.1 Å². The average molecular weight is 496 g/mol. The minimum absolute atomic E-state index is 0.0600. The summed E-state index contributed by atoms with van der Waals surface area (Å²) in [5.41, 5.74) is -0.392. The molecule has 1 amide bonds. The predicted octanol–water partition coefficient (Wildman–Crippen LogP) is 3.38. The minimum atomic E-state index is -4.59. The van der Waals surface area contributed by atoms with E-state index in [-0.39, 0.29) is 23.9 Å². The number of hydrogen-bond donors (Lipinski definition) is 1. The molecule has 0 bridgehead atoms. The standard InChI is InChI=1S/C21H21F5N8O/c1-12-7-20(22,23)11-33(16(12)10-29-19-27-8-14(9-28-19)21(24,25)26)18(35)17-15(4-3-13(2)32-17)34-30-5-6-31-34/h3-6,8-9,12,16H,7,10-11H2,1-2H3,(H,27,28,29)/t12-,16?/m1/s1. The zero-order chi connectivity index (χ0) is 25.4. The van der Waals surface area contributed by atoms with Gasteiger partial charge in [0.25, 0.3) is 11.8 Å². The lowest BCUT2D eigenvalue weighted by molar-refractivity contribution is -0.138. The third-order valence-electron chi connectivity index (χ3n) is 5.64. The van der Waals surface area contributed by atoms with Crippen LogP contribution in [0.25, 0.3) is 5.69 Å². The Kier molecular flexibility index (Phi) is 6.38. The van der Waals surface area contributed by atoms with Gasteiger partial charge in [-0.25, -0.2) is 23.7 Å². The third-order valence-corrected chi connectivity index (χ3v) is 5.64. The summed E-state index contributed by atoms with van der Waals surface area (Å²) >= 11 is 0. The molecule has 35 heavy (non-hydrogen) atoms. The van der Waals surface area contributed by atoms with Crippen LogP contribution in [0, 0.1) is 12.8 Å². The number of likely N-dealkylation sites (tertiary alicyclic amines) is 1. The summed E-state index contributed by atoms with van der Waals surface area (Å²) in [6, 6.07) is 2.47. The normalized spacial score (nSPS) is 20.0. The number of pyridine rings is 1. The van der Waals surface area contributed by atoms with E-state index in [1.807, 2.05) is 0 Å². The van der Waals surface area contributed by atoms with Crippen molar-refractivity contribution in [3.63, 3.8) is 0 Å². The molecule has 0 saturated carbocycles. The monoisotopic (exact) mass is 496 g/mol. The Morgan fingerprint density at radius 1 is 1.17 bits per heavy atom. The van der Waals surface area contributed by atoms with Gasteiger partial charge in [-0.1, -0.05) is 6.92 Å². The van der Waals surface area contributed by atoms with E-state index in [0.29, 0.717) is 18.1 Å². The molecular formula is C21H21F5N8O. The summed E-state index contributed by atoms with van der Waals surface area (Å²) in [6.07, 6.45) is -1.00. The number of amides is 1. The van der Waals surface area contributed by atoms with Crippen LogP contribution < -0.4 is 5.32 Å². The number of nitrogens with one attached hydrogen (secondary N) is 1. The lowest BCUT2D eigenvalue weighted by atomic mass is 9.88. The van der Waals surface area contributed by atoms with E-state index in [1.54, 1.807) is 26.0 Å². The molecule has 0 aliphatic carbocycles. The number of halogens is 5. The molecule has 3 aromatic rings. The van der Waals surface area contributed by atoms with Crippen molar-refractivity contribution in [3.8, 4) is 5.69 Å². The molecule has 1 N–H and O–H groups in total. The van der Waals surface area contributed by atoms with Crippen LogP contribution in [0.5, 0.6) is 0 Å². The van der Waals surface area contributed by atoms with Gasteiger partial charge < -0.3 is 10.2 Å². The van der Waals surface area contributed by atoms with Crippen molar-refractivity contribution in [2.75, 3.05) is 18.4 Å². The van der Waals surface area contributed by atoms with Crippen LogP contribution in [-0.4, -0.2) is 65.8 Å². The zero-order valence-corrected chi connectivity index (χ0v) is 18.7. The van der Waals surface area contributed by atoms with Gasteiger partial charge in [0.15, 0.2) is 5.69 Å². The lowest BCUT2D eigenvalue weighted by Crippen LogP contribution is -2.57. The molecule has 1 aliphatic heterocycles. The summed E-state index contributed by atoms with van der Waals surface area (Å²) < 4.78 is 67.3. The summed E-state index contributed by atoms with van der Waals surface area (Å²) in [6.45, 7) is 2.33. The molecule has 1 fully saturated rings. The van der Waals surface area contributed by atoms with Gasteiger partial charge in [-0.05, 0) is 25.0 Å².